The molecule has 2 unspecified atom stereocenters. The van der Waals surface area contributed by atoms with Gasteiger partial charge < -0.3 is 14.6 Å². The number of rotatable bonds is 3. The van der Waals surface area contributed by atoms with E-state index in [4.69, 9.17) is 21.3 Å². The number of ether oxygens (including phenoxy) is 1. The predicted octanol–water partition coefficient (Wildman–Crippen LogP) is 3.29. The molecule has 3 heterocycles. The lowest BCUT2D eigenvalue weighted by molar-refractivity contribution is 0.0968. The van der Waals surface area contributed by atoms with E-state index in [1.165, 1.54) is 6.42 Å². The van der Waals surface area contributed by atoms with E-state index < -0.39 is 0 Å². The van der Waals surface area contributed by atoms with E-state index in [0.717, 1.165) is 60.8 Å². The molecule has 0 aliphatic carbocycles. The largest absolute Gasteiger partial charge is 0.376 e. The molecule has 2 fully saturated rings. The molecule has 4 rings (SSSR count). The average molecular weight is 306 g/mol. The summed E-state index contributed by atoms with van der Waals surface area (Å²) in [6.45, 7) is 2.84. The van der Waals surface area contributed by atoms with Gasteiger partial charge in [0.15, 0.2) is 0 Å². The van der Waals surface area contributed by atoms with E-state index >= 15 is 0 Å². The Morgan fingerprint density at radius 2 is 2.29 bits per heavy atom. The number of nitrogens with zero attached hydrogens (tertiary/aromatic N) is 2. The summed E-state index contributed by atoms with van der Waals surface area (Å²) in [7, 11) is 0. The van der Waals surface area contributed by atoms with Gasteiger partial charge in [-0.25, -0.2) is 4.98 Å². The lowest BCUT2D eigenvalue weighted by atomic mass is 10.2. The van der Waals surface area contributed by atoms with Crippen LogP contribution in [0.5, 0.6) is 0 Å². The Kier molecular flexibility index (Phi) is 3.61. The summed E-state index contributed by atoms with van der Waals surface area (Å²) < 4.78 is 8.14. The number of halogens is 1. The molecule has 1 N–H and O–H groups in total. The van der Waals surface area contributed by atoms with E-state index in [9.17, 15) is 0 Å². The molecule has 0 bridgehead atoms. The van der Waals surface area contributed by atoms with E-state index in [0.29, 0.717) is 12.1 Å². The minimum Gasteiger partial charge on any atom is -0.376 e. The van der Waals surface area contributed by atoms with Crippen LogP contribution in [0.3, 0.4) is 0 Å². The second-order valence-corrected chi connectivity index (χ2v) is 6.43. The first-order valence-corrected chi connectivity index (χ1v) is 8.20. The van der Waals surface area contributed by atoms with Crippen molar-refractivity contribution in [2.45, 2.75) is 44.4 Å². The first-order valence-electron chi connectivity index (χ1n) is 7.82. The second-order valence-electron chi connectivity index (χ2n) is 6.00. The van der Waals surface area contributed by atoms with Crippen LogP contribution in [0.25, 0.3) is 11.0 Å². The zero-order valence-corrected chi connectivity index (χ0v) is 12.8. The summed E-state index contributed by atoms with van der Waals surface area (Å²) >= 11 is 6.19. The van der Waals surface area contributed by atoms with Crippen molar-refractivity contribution in [3.63, 3.8) is 0 Å². The minimum atomic E-state index is 0.307. The Balaban J connectivity index is 1.78. The van der Waals surface area contributed by atoms with Crippen molar-refractivity contribution >= 4 is 22.6 Å². The van der Waals surface area contributed by atoms with Crippen molar-refractivity contribution in [2.24, 2.45) is 0 Å². The fraction of sp³-hybridized carbons (Fsp3) is 0.562. The Morgan fingerprint density at radius 3 is 3.05 bits per heavy atom. The number of benzene rings is 1. The Labute approximate surface area is 129 Å². The van der Waals surface area contributed by atoms with Crippen molar-refractivity contribution in [1.82, 2.24) is 14.9 Å². The number of aromatic nitrogens is 2. The molecular weight excluding hydrogens is 286 g/mol. The molecule has 2 aromatic rings. The minimum absolute atomic E-state index is 0.307. The van der Waals surface area contributed by atoms with Gasteiger partial charge in [0.2, 0.25) is 0 Å². The molecule has 0 saturated carbocycles. The Hall–Kier alpha value is -1.10. The van der Waals surface area contributed by atoms with E-state index in [1.54, 1.807) is 0 Å². The molecule has 0 spiro atoms. The highest BCUT2D eigenvalue weighted by Crippen LogP contribution is 2.29. The first-order chi connectivity index (χ1) is 10.3. The van der Waals surface area contributed by atoms with Crippen LogP contribution in [0, 0.1) is 0 Å². The monoisotopic (exact) mass is 305 g/mol. The molecule has 4 nitrogen and oxygen atoms in total. The highest BCUT2D eigenvalue weighted by molar-refractivity contribution is 6.31. The SMILES string of the molecule is Clc1ccc2nc(C3CCCN3)n(CC3CCCO3)c2c1. The molecular formula is C16H20ClN3O. The van der Waals surface area contributed by atoms with Gasteiger partial charge in [-0.3, -0.25) is 0 Å². The maximum absolute atomic E-state index is 6.19. The van der Waals surface area contributed by atoms with Gasteiger partial charge in [0.05, 0.1) is 29.7 Å². The summed E-state index contributed by atoms with van der Waals surface area (Å²) in [5, 5.41) is 4.32. The third kappa shape index (κ3) is 2.56. The maximum atomic E-state index is 6.19. The van der Waals surface area contributed by atoms with Gasteiger partial charge in [-0.1, -0.05) is 11.6 Å². The first kappa shape index (κ1) is 13.6. The van der Waals surface area contributed by atoms with Gasteiger partial charge in [-0.05, 0) is 50.4 Å². The lowest BCUT2D eigenvalue weighted by Crippen LogP contribution is -2.22. The summed E-state index contributed by atoms with van der Waals surface area (Å²) in [4.78, 5) is 4.86. The van der Waals surface area contributed by atoms with Crippen LogP contribution in [0.4, 0.5) is 0 Å². The van der Waals surface area contributed by atoms with Gasteiger partial charge in [0, 0.05) is 11.6 Å². The molecule has 21 heavy (non-hydrogen) atoms. The number of fused-ring (bicyclic) bond motifs is 1. The van der Waals surface area contributed by atoms with Gasteiger partial charge in [0.1, 0.15) is 5.82 Å². The molecule has 2 aliphatic rings. The third-order valence-electron chi connectivity index (χ3n) is 4.52. The number of hydrogen-bond acceptors (Lipinski definition) is 3. The smallest absolute Gasteiger partial charge is 0.127 e. The number of imidazole rings is 1. The lowest BCUT2D eigenvalue weighted by Gasteiger charge is -2.17. The summed E-state index contributed by atoms with van der Waals surface area (Å²) in [6.07, 6.45) is 4.98. The van der Waals surface area contributed by atoms with E-state index in [-0.39, 0.29) is 0 Å². The van der Waals surface area contributed by atoms with Crippen LogP contribution >= 0.6 is 11.6 Å². The standard InChI is InChI=1S/C16H20ClN3O/c17-11-5-6-13-15(9-11)20(10-12-3-2-8-21-12)16(19-13)14-4-1-7-18-14/h5-6,9,12,14,18H,1-4,7-8,10H2. The quantitative estimate of drug-likeness (QED) is 0.946. The maximum Gasteiger partial charge on any atom is 0.127 e. The molecule has 1 aromatic carbocycles. The Morgan fingerprint density at radius 1 is 1.33 bits per heavy atom. The molecule has 2 atom stereocenters. The normalized spacial score (nSPS) is 26.0. The summed E-state index contributed by atoms with van der Waals surface area (Å²) in [6, 6.07) is 6.32. The van der Waals surface area contributed by atoms with Crippen molar-refractivity contribution in [1.29, 1.82) is 0 Å². The topological polar surface area (TPSA) is 39.1 Å². The van der Waals surface area contributed by atoms with Crippen LogP contribution in [0.15, 0.2) is 18.2 Å². The summed E-state index contributed by atoms with van der Waals surface area (Å²) in [5.74, 6) is 1.14. The molecule has 0 amide bonds. The van der Waals surface area contributed by atoms with Gasteiger partial charge in [0.25, 0.3) is 0 Å². The number of nitrogens with one attached hydrogen (secondary N) is 1. The summed E-state index contributed by atoms with van der Waals surface area (Å²) in [5.41, 5.74) is 2.16. The van der Waals surface area contributed by atoms with E-state index in [1.807, 2.05) is 18.2 Å². The van der Waals surface area contributed by atoms with Crippen LogP contribution in [0.2, 0.25) is 5.02 Å². The molecule has 112 valence electrons. The van der Waals surface area contributed by atoms with Crippen molar-refractivity contribution in [3.05, 3.63) is 29.0 Å². The highest BCUT2D eigenvalue weighted by Gasteiger charge is 2.25. The van der Waals surface area contributed by atoms with Gasteiger partial charge in [-0.2, -0.15) is 0 Å². The molecule has 1 aromatic heterocycles. The zero-order chi connectivity index (χ0) is 14.2. The molecule has 5 heteroatoms. The third-order valence-corrected chi connectivity index (χ3v) is 4.76. The van der Waals surface area contributed by atoms with Crippen LogP contribution in [0.1, 0.15) is 37.5 Å². The molecule has 0 radical (unpaired) electrons. The predicted molar refractivity (Wildman–Crippen MR) is 83.7 cm³/mol. The second kappa shape index (κ2) is 5.59. The average Bonchev–Trinajstić information content (AvgIpc) is 3.20. The molecule has 2 aliphatic heterocycles. The molecule has 2 saturated heterocycles. The Bertz CT molecular complexity index is 642. The highest BCUT2D eigenvalue weighted by atomic mass is 35.5. The van der Waals surface area contributed by atoms with Crippen molar-refractivity contribution < 1.29 is 4.74 Å². The van der Waals surface area contributed by atoms with Crippen LogP contribution < -0.4 is 5.32 Å². The van der Waals surface area contributed by atoms with Crippen LogP contribution in [-0.4, -0.2) is 28.8 Å². The van der Waals surface area contributed by atoms with Crippen molar-refractivity contribution in [3.8, 4) is 0 Å². The van der Waals surface area contributed by atoms with Gasteiger partial charge in [-0.15, -0.1) is 0 Å². The fourth-order valence-electron chi connectivity index (χ4n) is 3.47. The number of hydrogen-bond donors (Lipinski definition) is 1. The van der Waals surface area contributed by atoms with Crippen LogP contribution in [-0.2, 0) is 11.3 Å². The van der Waals surface area contributed by atoms with E-state index in [2.05, 4.69) is 9.88 Å². The van der Waals surface area contributed by atoms with Gasteiger partial charge >= 0.3 is 0 Å². The fourth-order valence-corrected chi connectivity index (χ4v) is 3.64. The zero-order valence-electron chi connectivity index (χ0n) is 12.0. The van der Waals surface area contributed by atoms with Crippen molar-refractivity contribution in [2.75, 3.05) is 13.2 Å².